The van der Waals surface area contributed by atoms with Gasteiger partial charge < -0.3 is 9.30 Å². The topological polar surface area (TPSA) is 48.3 Å². The molecule has 0 saturated heterocycles. The lowest BCUT2D eigenvalue weighted by Crippen LogP contribution is -2.17. The van der Waals surface area contributed by atoms with Gasteiger partial charge in [0.25, 0.3) is 0 Å². The molecule has 0 bridgehead atoms. The van der Waals surface area contributed by atoms with E-state index in [0.29, 0.717) is 11.1 Å². The SMILES string of the molecule is CCCCCC(OC(C)=O)n1c(C)c(C(=O)c2ccccc2)c2ccccc21. The standard InChI is InChI=1S/C24H27NO3/c1-4-5-7-16-22(28-18(3)26)25-17(2)23(20-14-10-11-15-21(20)25)24(27)19-12-8-6-9-13-19/h6,8-15,22H,4-5,7,16H2,1-3H3. The van der Waals surface area contributed by atoms with Crippen LogP contribution in [0.15, 0.2) is 54.6 Å². The summed E-state index contributed by atoms with van der Waals surface area (Å²) in [7, 11) is 0. The van der Waals surface area contributed by atoms with Crippen molar-refractivity contribution in [1.29, 1.82) is 0 Å². The number of ether oxygens (including phenoxy) is 1. The molecule has 28 heavy (non-hydrogen) atoms. The average molecular weight is 377 g/mol. The molecule has 146 valence electrons. The number of carbonyl (C=O) groups excluding carboxylic acids is 2. The summed E-state index contributed by atoms with van der Waals surface area (Å²) < 4.78 is 7.70. The maximum absolute atomic E-state index is 13.3. The summed E-state index contributed by atoms with van der Waals surface area (Å²) in [4.78, 5) is 25.0. The van der Waals surface area contributed by atoms with E-state index in [2.05, 4.69) is 6.92 Å². The fourth-order valence-electron chi connectivity index (χ4n) is 3.78. The summed E-state index contributed by atoms with van der Waals surface area (Å²) in [5, 5.41) is 0.890. The Bertz CT molecular complexity index is 972. The second-order valence-electron chi connectivity index (χ2n) is 7.10. The third-order valence-electron chi connectivity index (χ3n) is 5.06. The molecule has 0 amide bonds. The Hall–Kier alpha value is -2.88. The molecule has 1 aromatic heterocycles. The lowest BCUT2D eigenvalue weighted by Gasteiger charge is -2.22. The molecule has 0 N–H and O–H groups in total. The van der Waals surface area contributed by atoms with Gasteiger partial charge in [-0.2, -0.15) is 0 Å². The van der Waals surface area contributed by atoms with Crippen LogP contribution in [0.4, 0.5) is 0 Å². The van der Waals surface area contributed by atoms with Gasteiger partial charge >= 0.3 is 5.97 Å². The van der Waals surface area contributed by atoms with Crippen LogP contribution in [0.3, 0.4) is 0 Å². The van der Waals surface area contributed by atoms with Gasteiger partial charge in [-0.05, 0) is 19.4 Å². The van der Waals surface area contributed by atoms with Crippen LogP contribution in [0.1, 0.15) is 67.4 Å². The second-order valence-corrected chi connectivity index (χ2v) is 7.10. The quantitative estimate of drug-likeness (QED) is 0.282. The van der Waals surface area contributed by atoms with Crippen molar-refractivity contribution in [2.24, 2.45) is 0 Å². The van der Waals surface area contributed by atoms with Crippen molar-refractivity contribution in [2.45, 2.75) is 52.7 Å². The van der Waals surface area contributed by atoms with E-state index in [4.69, 9.17) is 4.74 Å². The first-order valence-electron chi connectivity index (χ1n) is 9.91. The highest BCUT2D eigenvalue weighted by Crippen LogP contribution is 2.33. The summed E-state index contributed by atoms with van der Waals surface area (Å²) in [5.41, 5.74) is 3.08. The molecular formula is C24H27NO3. The van der Waals surface area contributed by atoms with E-state index >= 15 is 0 Å². The summed E-state index contributed by atoms with van der Waals surface area (Å²) in [6.45, 7) is 5.52. The lowest BCUT2D eigenvalue weighted by molar-refractivity contribution is -0.151. The molecule has 0 aliphatic rings. The van der Waals surface area contributed by atoms with Crippen LogP contribution in [0.5, 0.6) is 0 Å². The molecule has 3 rings (SSSR count). The molecule has 1 unspecified atom stereocenters. The largest absolute Gasteiger partial charge is 0.441 e. The van der Waals surface area contributed by atoms with Crippen LogP contribution in [0.2, 0.25) is 0 Å². The smallest absolute Gasteiger partial charge is 0.304 e. The van der Waals surface area contributed by atoms with E-state index in [0.717, 1.165) is 42.3 Å². The molecule has 1 atom stereocenters. The fraction of sp³-hybridized carbons (Fsp3) is 0.333. The van der Waals surface area contributed by atoms with Crippen LogP contribution in [0.25, 0.3) is 10.9 Å². The highest BCUT2D eigenvalue weighted by molar-refractivity contribution is 6.17. The van der Waals surface area contributed by atoms with Crippen LogP contribution in [-0.2, 0) is 9.53 Å². The van der Waals surface area contributed by atoms with Crippen molar-refractivity contribution in [3.8, 4) is 0 Å². The van der Waals surface area contributed by atoms with Gasteiger partial charge in [0.1, 0.15) is 0 Å². The minimum absolute atomic E-state index is 0.0109. The van der Waals surface area contributed by atoms with Crippen molar-refractivity contribution in [3.05, 3.63) is 71.4 Å². The number of benzene rings is 2. The number of nitrogens with zero attached hydrogens (tertiary/aromatic N) is 1. The first kappa shape index (κ1) is 19.9. The molecule has 0 aliphatic carbocycles. The predicted molar refractivity (Wildman–Crippen MR) is 111 cm³/mol. The Morgan fingerprint density at radius 3 is 2.36 bits per heavy atom. The van der Waals surface area contributed by atoms with Gasteiger partial charge in [-0.25, -0.2) is 0 Å². The average Bonchev–Trinajstić information content (AvgIpc) is 2.99. The predicted octanol–water partition coefficient (Wildman–Crippen LogP) is 5.82. The highest BCUT2D eigenvalue weighted by atomic mass is 16.6. The minimum Gasteiger partial charge on any atom is -0.441 e. The highest BCUT2D eigenvalue weighted by Gasteiger charge is 2.25. The van der Waals surface area contributed by atoms with E-state index in [-0.39, 0.29) is 11.8 Å². The number of rotatable bonds is 8. The molecule has 0 saturated carbocycles. The van der Waals surface area contributed by atoms with E-state index in [9.17, 15) is 9.59 Å². The Labute approximate surface area is 166 Å². The molecule has 4 heteroatoms. The molecule has 0 aliphatic heterocycles. The number of esters is 1. The van der Waals surface area contributed by atoms with Crippen LogP contribution < -0.4 is 0 Å². The number of carbonyl (C=O) groups is 2. The Morgan fingerprint density at radius 2 is 1.68 bits per heavy atom. The number of fused-ring (bicyclic) bond motifs is 1. The molecule has 3 aromatic rings. The van der Waals surface area contributed by atoms with Gasteiger partial charge in [0.15, 0.2) is 12.0 Å². The van der Waals surface area contributed by atoms with Crippen LogP contribution >= 0.6 is 0 Å². The number of para-hydroxylation sites is 1. The maximum atomic E-state index is 13.3. The molecule has 4 nitrogen and oxygen atoms in total. The van der Waals surface area contributed by atoms with Gasteiger partial charge in [-0.1, -0.05) is 68.3 Å². The van der Waals surface area contributed by atoms with Crippen molar-refractivity contribution in [2.75, 3.05) is 0 Å². The number of ketones is 1. The van der Waals surface area contributed by atoms with Crippen molar-refractivity contribution in [3.63, 3.8) is 0 Å². The van der Waals surface area contributed by atoms with Crippen molar-refractivity contribution in [1.82, 2.24) is 4.57 Å². The first-order valence-corrected chi connectivity index (χ1v) is 9.91. The lowest BCUT2D eigenvalue weighted by atomic mass is 10.0. The van der Waals surface area contributed by atoms with Gasteiger partial charge in [0.2, 0.25) is 0 Å². The van der Waals surface area contributed by atoms with E-state index in [1.54, 1.807) is 0 Å². The maximum Gasteiger partial charge on any atom is 0.304 e. The third-order valence-corrected chi connectivity index (χ3v) is 5.06. The molecule has 0 radical (unpaired) electrons. The fourth-order valence-corrected chi connectivity index (χ4v) is 3.78. The molecule has 1 heterocycles. The number of hydrogen-bond donors (Lipinski definition) is 0. The van der Waals surface area contributed by atoms with E-state index in [1.165, 1.54) is 6.92 Å². The van der Waals surface area contributed by atoms with Crippen LogP contribution in [0, 0.1) is 6.92 Å². The summed E-state index contributed by atoms with van der Waals surface area (Å²) >= 11 is 0. The van der Waals surface area contributed by atoms with Gasteiger partial charge in [0, 0.05) is 30.0 Å². The Morgan fingerprint density at radius 1 is 1.00 bits per heavy atom. The van der Waals surface area contributed by atoms with Crippen molar-refractivity contribution >= 4 is 22.7 Å². The molecule has 0 spiro atoms. The molecule has 0 fully saturated rings. The summed E-state index contributed by atoms with van der Waals surface area (Å²) in [6, 6.07) is 17.1. The first-order chi connectivity index (χ1) is 13.5. The second kappa shape index (κ2) is 8.87. The zero-order chi connectivity index (χ0) is 20.1. The minimum atomic E-state index is -0.411. The third kappa shape index (κ3) is 4.01. The van der Waals surface area contributed by atoms with Gasteiger partial charge in [-0.15, -0.1) is 0 Å². The number of aromatic nitrogens is 1. The Kier molecular flexibility index (Phi) is 6.30. The molecule has 2 aromatic carbocycles. The van der Waals surface area contributed by atoms with E-state index in [1.807, 2.05) is 66.1 Å². The zero-order valence-electron chi connectivity index (χ0n) is 16.8. The van der Waals surface area contributed by atoms with Crippen LogP contribution in [-0.4, -0.2) is 16.3 Å². The van der Waals surface area contributed by atoms with Crippen molar-refractivity contribution < 1.29 is 14.3 Å². The Balaban J connectivity index is 2.13. The summed E-state index contributed by atoms with van der Waals surface area (Å²) in [5.74, 6) is -0.321. The van der Waals surface area contributed by atoms with Gasteiger partial charge in [0.05, 0.1) is 11.1 Å². The normalized spacial score (nSPS) is 12.1. The summed E-state index contributed by atoms with van der Waals surface area (Å²) in [6.07, 6.45) is 3.45. The zero-order valence-corrected chi connectivity index (χ0v) is 16.8. The monoisotopic (exact) mass is 377 g/mol. The molecular weight excluding hydrogens is 350 g/mol. The number of unbranched alkanes of at least 4 members (excludes halogenated alkanes) is 2. The van der Waals surface area contributed by atoms with E-state index < -0.39 is 6.23 Å². The van der Waals surface area contributed by atoms with Gasteiger partial charge in [-0.3, -0.25) is 9.59 Å². The number of hydrogen-bond acceptors (Lipinski definition) is 3.